The van der Waals surface area contributed by atoms with Crippen LogP contribution in [0.1, 0.15) is 27.3 Å². The molecule has 0 fully saturated rings. The fourth-order valence-electron chi connectivity index (χ4n) is 3.27. The second-order valence-corrected chi connectivity index (χ2v) is 8.22. The Kier molecular flexibility index (Phi) is 5.81. The first-order valence-corrected chi connectivity index (χ1v) is 10.5. The molecule has 0 aliphatic carbocycles. The number of anilines is 1. The Hall–Kier alpha value is -3.15. The number of halogens is 2. The zero-order chi connectivity index (χ0) is 22.1. The zero-order valence-corrected chi connectivity index (χ0v) is 18.8. The first-order valence-electron chi connectivity index (χ1n) is 9.70. The minimum atomic E-state index is -0.435. The molecule has 0 aliphatic rings. The van der Waals surface area contributed by atoms with E-state index in [-0.39, 0.29) is 5.82 Å². The molecule has 31 heavy (non-hydrogen) atoms. The van der Waals surface area contributed by atoms with E-state index >= 15 is 0 Å². The van der Waals surface area contributed by atoms with Gasteiger partial charge in [0, 0.05) is 11.3 Å². The highest BCUT2D eigenvalue weighted by Gasteiger charge is 2.20. The van der Waals surface area contributed by atoms with Crippen LogP contribution in [-0.4, -0.2) is 20.7 Å². The number of carbonyl (C=O) groups excluding carboxylic acids is 1. The van der Waals surface area contributed by atoms with Crippen LogP contribution in [0, 0.1) is 20.8 Å². The van der Waals surface area contributed by atoms with E-state index in [1.807, 2.05) is 57.2 Å². The quantitative estimate of drug-likeness (QED) is 0.390. The molecule has 3 aromatic carbocycles. The average molecular weight is 451 g/mol. The van der Waals surface area contributed by atoms with E-state index in [2.05, 4.69) is 21.5 Å². The second-order valence-electron chi connectivity index (χ2n) is 7.41. The van der Waals surface area contributed by atoms with Crippen LogP contribution in [-0.2, 0) is 0 Å². The second kappa shape index (κ2) is 8.53. The van der Waals surface area contributed by atoms with Gasteiger partial charge in [0.1, 0.15) is 0 Å². The van der Waals surface area contributed by atoms with Crippen LogP contribution in [0.25, 0.3) is 17.1 Å². The van der Waals surface area contributed by atoms with Gasteiger partial charge < -0.3 is 5.32 Å². The summed E-state index contributed by atoms with van der Waals surface area (Å²) in [6.07, 6.45) is 0. The van der Waals surface area contributed by atoms with Gasteiger partial charge in [-0.25, -0.2) is 9.67 Å². The maximum Gasteiger partial charge on any atom is 0.295 e. The Morgan fingerprint density at radius 2 is 1.58 bits per heavy atom. The summed E-state index contributed by atoms with van der Waals surface area (Å²) in [5, 5.41) is 8.09. The van der Waals surface area contributed by atoms with E-state index in [1.54, 1.807) is 22.9 Å². The highest BCUT2D eigenvalue weighted by molar-refractivity contribution is 6.42. The lowest BCUT2D eigenvalue weighted by atomic mass is 10.1. The number of aromatic nitrogens is 3. The largest absolute Gasteiger partial charge is 0.319 e. The van der Waals surface area contributed by atoms with Crippen molar-refractivity contribution in [1.29, 1.82) is 0 Å². The van der Waals surface area contributed by atoms with Crippen LogP contribution < -0.4 is 5.32 Å². The number of hydrogen-bond donors (Lipinski definition) is 1. The molecule has 4 rings (SSSR count). The molecule has 0 unspecified atom stereocenters. The number of rotatable bonds is 4. The molecular weight excluding hydrogens is 431 g/mol. The van der Waals surface area contributed by atoms with E-state index in [0.717, 1.165) is 27.9 Å². The van der Waals surface area contributed by atoms with Crippen molar-refractivity contribution in [2.24, 2.45) is 0 Å². The van der Waals surface area contributed by atoms with Crippen molar-refractivity contribution >= 4 is 34.8 Å². The Balaban J connectivity index is 1.77. The van der Waals surface area contributed by atoms with Gasteiger partial charge in [-0.15, -0.1) is 5.10 Å². The monoisotopic (exact) mass is 450 g/mol. The molecule has 0 saturated carbocycles. The highest BCUT2D eigenvalue weighted by Crippen LogP contribution is 2.27. The lowest BCUT2D eigenvalue weighted by Gasteiger charge is -2.10. The fraction of sp³-hybridized carbons (Fsp3) is 0.125. The summed E-state index contributed by atoms with van der Waals surface area (Å²) in [7, 11) is 0. The van der Waals surface area contributed by atoms with Crippen LogP contribution in [0.2, 0.25) is 10.0 Å². The summed E-state index contributed by atoms with van der Waals surface area (Å²) < 4.78 is 1.71. The minimum absolute atomic E-state index is 0.0571. The number of benzene rings is 3. The van der Waals surface area contributed by atoms with Gasteiger partial charge in [0.05, 0.1) is 15.7 Å². The number of amides is 1. The van der Waals surface area contributed by atoms with Gasteiger partial charge in [-0.3, -0.25) is 4.79 Å². The molecule has 1 amide bonds. The van der Waals surface area contributed by atoms with Crippen LogP contribution in [0.3, 0.4) is 0 Å². The predicted octanol–water partition coefficient (Wildman–Crippen LogP) is 6.42. The number of nitrogens with zero attached hydrogens (tertiary/aromatic N) is 3. The Morgan fingerprint density at radius 1 is 0.871 bits per heavy atom. The van der Waals surface area contributed by atoms with Crippen LogP contribution in [0.15, 0.2) is 60.7 Å². The molecule has 0 atom stereocenters. The standard InChI is InChI=1S/C24H20Cl2N4O/c1-14-4-7-17(8-5-14)23-28-22(24(31)27-18-9-10-19(25)20(26)13-18)29-30(23)21-11-6-15(2)12-16(21)3/h4-13H,1-3H3,(H,27,31). The van der Waals surface area contributed by atoms with Crippen molar-refractivity contribution < 1.29 is 4.79 Å². The Labute approximate surface area is 190 Å². The van der Waals surface area contributed by atoms with E-state index in [9.17, 15) is 4.79 Å². The third-order valence-electron chi connectivity index (χ3n) is 4.88. The number of aryl methyl sites for hydroxylation is 3. The van der Waals surface area contributed by atoms with E-state index < -0.39 is 5.91 Å². The van der Waals surface area contributed by atoms with Crippen molar-refractivity contribution in [1.82, 2.24) is 14.8 Å². The maximum atomic E-state index is 12.9. The van der Waals surface area contributed by atoms with Gasteiger partial charge in [-0.05, 0) is 50.6 Å². The molecule has 4 aromatic rings. The molecule has 0 aliphatic heterocycles. The van der Waals surface area contributed by atoms with Crippen molar-refractivity contribution in [2.75, 3.05) is 5.32 Å². The zero-order valence-electron chi connectivity index (χ0n) is 17.3. The van der Waals surface area contributed by atoms with E-state index in [1.165, 1.54) is 0 Å². The summed E-state index contributed by atoms with van der Waals surface area (Å²) in [5.41, 5.74) is 5.57. The number of hydrogen-bond acceptors (Lipinski definition) is 3. The van der Waals surface area contributed by atoms with Crippen LogP contribution in [0.5, 0.6) is 0 Å². The van der Waals surface area contributed by atoms with Crippen molar-refractivity contribution in [3.8, 4) is 17.1 Å². The van der Waals surface area contributed by atoms with Crippen molar-refractivity contribution in [2.45, 2.75) is 20.8 Å². The summed E-state index contributed by atoms with van der Waals surface area (Å²) in [6, 6.07) is 18.9. The fourth-order valence-corrected chi connectivity index (χ4v) is 3.57. The molecule has 0 bridgehead atoms. The summed E-state index contributed by atoms with van der Waals surface area (Å²) >= 11 is 12.0. The third-order valence-corrected chi connectivity index (χ3v) is 5.62. The smallest absolute Gasteiger partial charge is 0.295 e. The summed E-state index contributed by atoms with van der Waals surface area (Å²) in [4.78, 5) is 17.5. The molecule has 0 saturated heterocycles. The lowest BCUT2D eigenvalue weighted by Crippen LogP contribution is -2.14. The molecular formula is C24H20Cl2N4O. The van der Waals surface area contributed by atoms with Crippen LogP contribution >= 0.6 is 23.2 Å². The molecule has 5 nitrogen and oxygen atoms in total. The predicted molar refractivity (Wildman–Crippen MR) is 125 cm³/mol. The molecule has 1 N–H and O–H groups in total. The molecule has 1 aromatic heterocycles. The molecule has 1 heterocycles. The normalized spacial score (nSPS) is 10.9. The van der Waals surface area contributed by atoms with E-state index in [4.69, 9.17) is 23.2 Å². The van der Waals surface area contributed by atoms with Crippen LogP contribution in [0.4, 0.5) is 5.69 Å². The van der Waals surface area contributed by atoms with Gasteiger partial charge in [0.25, 0.3) is 5.91 Å². The molecule has 0 spiro atoms. The average Bonchev–Trinajstić information content (AvgIpc) is 3.16. The van der Waals surface area contributed by atoms with Gasteiger partial charge >= 0.3 is 0 Å². The topological polar surface area (TPSA) is 59.8 Å². The van der Waals surface area contributed by atoms with Gasteiger partial charge in [-0.2, -0.15) is 0 Å². The maximum absolute atomic E-state index is 12.9. The lowest BCUT2D eigenvalue weighted by molar-refractivity contribution is 0.101. The molecule has 156 valence electrons. The minimum Gasteiger partial charge on any atom is -0.319 e. The number of nitrogens with one attached hydrogen (secondary N) is 1. The van der Waals surface area contributed by atoms with Crippen molar-refractivity contribution in [3.05, 3.63) is 93.2 Å². The first kappa shape index (κ1) is 21.1. The molecule has 0 radical (unpaired) electrons. The third kappa shape index (κ3) is 4.48. The van der Waals surface area contributed by atoms with Crippen molar-refractivity contribution in [3.63, 3.8) is 0 Å². The van der Waals surface area contributed by atoms with Gasteiger partial charge in [0.15, 0.2) is 5.82 Å². The highest BCUT2D eigenvalue weighted by atomic mass is 35.5. The summed E-state index contributed by atoms with van der Waals surface area (Å²) in [5.74, 6) is 0.211. The van der Waals surface area contributed by atoms with Gasteiger partial charge in [0.2, 0.25) is 5.82 Å². The first-order chi connectivity index (χ1) is 14.8. The number of carbonyl (C=O) groups is 1. The van der Waals surface area contributed by atoms with Gasteiger partial charge in [-0.1, -0.05) is 70.7 Å². The summed E-state index contributed by atoms with van der Waals surface area (Å²) in [6.45, 7) is 6.07. The SMILES string of the molecule is Cc1ccc(-c2nc(C(=O)Nc3ccc(Cl)c(Cl)c3)nn2-c2ccc(C)cc2C)cc1. The molecule has 7 heteroatoms. The Morgan fingerprint density at radius 3 is 2.26 bits per heavy atom. The Bertz CT molecular complexity index is 1280. The van der Waals surface area contributed by atoms with E-state index in [0.29, 0.717) is 21.6 Å².